The second-order valence-electron chi connectivity index (χ2n) is 22.4. The molecule has 2 aromatic rings. The maximum Gasteiger partial charge on any atom is 0.411 e. The standard InChI is InChI=1S/C60H82N8O17S2/c1-37-26-39-34-65-46-33-50(48(79-6)31-44(46)57(76)68(39)35-37)83-19-9-7-8-18-82-49-32-45(61)43(30-47(49)78-5)55(74)41-28-40(69)29-42(41)58-67(17-22-84-58)59(77)85-36-60(3,4)87-86-25-12-53(72)63-14-13-62-52(71)11-20-80-23-24-81-21-15-64-51(70)10-16-66-54(73)27-38(2)56(66)75/h30-34,38-39,41-42,58H,1,7-29,35-36,61H2,2-6H3,(H,62,71)(H,63,72)(H,64,70)/t38?,39-,41?,42+,58?/m0/s1. The van der Waals surface area contributed by atoms with Crippen LogP contribution < -0.4 is 40.6 Å². The largest absolute Gasteiger partial charge is 0.493 e. The third-order valence-electron chi connectivity index (χ3n) is 15.1. The fourth-order valence-electron chi connectivity index (χ4n) is 10.5. The molecule has 7 rings (SSSR count). The van der Waals surface area contributed by atoms with E-state index in [1.807, 2.05) is 13.8 Å². The van der Waals surface area contributed by atoms with Crippen LogP contribution in [0.2, 0.25) is 0 Å². The minimum absolute atomic E-state index is 0.0265. The van der Waals surface area contributed by atoms with Crippen molar-refractivity contribution in [2.45, 2.75) is 102 Å². The first-order valence-corrected chi connectivity index (χ1v) is 31.8. The molecule has 25 nitrogen and oxygen atoms in total. The Kier molecular flexibility index (Phi) is 25.5. The lowest BCUT2D eigenvalue weighted by Gasteiger charge is -2.31. The Morgan fingerprint density at radius 2 is 1.45 bits per heavy atom. The van der Waals surface area contributed by atoms with E-state index in [4.69, 9.17) is 43.6 Å². The summed E-state index contributed by atoms with van der Waals surface area (Å²) in [5.41, 5.74) is 8.80. The molecule has 87 heavy (non-hydrogen) atoms. The van der Waals surface area contributed by atoms with Crippen molar-refractivity contribution >= 4 is 92.3 Å². The van der Waals surface area contributed by atoms with Crippen LogP contribution in [-0.2, 0) is 47.7 Å². The zero-order chi connectivity index (χ0) is 62.6. The number of nitrogens with two attached hydrogens (primary N) is 1. The molecule has 0 radical (unpaired) electrons. The molecule has 0 spiro atoms. The fraction of sp³-hybridized carbons (Fsp3) is 0.600. The summed E-state index contributed by atoms with van der Waals surface area (Å²) in [5.74, 6) is -1.59. The molecule has 4 heterocycles. The lowest BCUT2D eigenvalue weighted by molar-refractivity contribution is -0.139. The van der Waals surface area contributed by atoms with Gasteiger partial charge in [-0.25, -0.2) is 4.79 Å². The molecule has 0 aromatic heterocycles. The first kappa shape index (κ1) is 67.6. The number of methoxy groups -OCH3 is 2. The Morgan fingerprint density at radius 3 is 2.15 bits per heavy atom. The van der Waals surface area contributed by atoms with Crippen LogP contribution in [0.5, 0.6) is 23.0 Å². The number of imide groups is 1. The lowest BCUT2D eigenvalue weighted by atomic mass is 9.86. The van der Waals surface area contributed by atoms with Crippen molar-refractivity contribution in [1.82, 2.24) is 30.7 Å². The van der Waals surface area contributed by atoms with Crippen LogP contribution in [0.15, 0.2) is 41.4 Å². The molecule has 5 atom stereocenters. The number of nitrogen functional groups attached to an aromatic ring is 1. The molecule has 4 aliphatic heterocycles. The Balaban J connectivity index is 0.735. The third kappa shape index (κ3) is 19.3. The van der Waals surface area contributed by atoms with Gasteiger partial charge in [0.1, 0.15) is 18.6 Å². The predicted molar refractivity (Wildman–Crippen MR) is 324 cm³/mol. The minimum atomic E-state index is -0.880. The van der Waals surface area contributed by atoms with E-state index in [0.29, 0.717) is 79.0 Å². The summed E-state index contributed by atoms with van der Waals surface area (Å²) in [4.78, 5) is 124. The third-order valence-corrected chi connectivity index (χ3v) is 18.4. The Labute approximate surface area is 514 Å². The molecule has 1 saturated carbocycles. The zero-order valence-corrected chi connectivity index (χ0v) is 51.9. The molecular weight excluding hydrogens is 1170 g/mol. The second kappa shape index (κ2) is 32.9. The average molecular weight is 1250 g/mol. The van der Waals surface area contributed by atoms with Gasteiger partial charge < -0.3 is 64.5 Å². The van der Waals surface area contributed by atoms with Gasteiger partial charge in [0.05, 0.1) is 89.1 Å². The van der Waals surface area contributed by atoms with Crippen molar-refractivity contribution in [1.29, 1.82) is 0 Å². The number of unbranched alkanes of at least 4 members (excludes halogenated alkanes) is 2. The summed E-state index contributed by atoms with van der Waals surface area (Å²) >= 11 is 0. The van der Waals surface area contributed by atoms with E-state index in [1.165, 1.54) is 46.8 Å². The number of hydrogen-bond acceptors (Lipinski definition) is 21. The molecule has 3 saturated heterocycles. The average Bonchev–Trinajstić information content (AvgIpc) is 2.32. The highest BCUT2D eigenvalue weighted by Gasteiger charge is 2.49. The van der Waals surface area contributed by atoms with Crippen LogP contribution in [0.4, 0.5) is 16.2 Å². The SMILES string of the molecule is C=C1C[C@H]2C=Nc3cc(OCCCCCOc4cc(N)c(C(=O)C5CC(=O)C[C@H]5C5OCCN5C(=O)OCC(C)(C)SSCCC(=O)NCCNC(=O)CCOCCOCCNC(=O)CCN5C(=O)CC(C)C5=O)cc4OC)c(OC)cc3C(=O)N2C1. The monoisotopic (exact) mass is 1250 g/mol. The van der Waals surface area contributed by atoms with Gasteiger partial charge in [0, 0.05) is 124 Å². The van der Waals surface area contributed by atoms with Crippen molar-refractivity contribution in [3.8, 4) is 23.0 Å². The number of aliphatic imine (C=N–C) groups is 1. The lowest BCUT2D eigenvalue weighted by Crippen LogP contribution is -2.44. The number of ether oxygens (including phenoxy) is 8. The van der Waals surface area contributed by atoms with Crippen LogP contribution in [-0.4, -0.2) is 203 Å². The number of hydrogen-bond donors (Lipinski definition) is 4. The molecule has 2 aromatic carbocycles. The number of likely N-dealkylation sites (tertiary alicyclic amines) is 1. The van der Waals surface area contributed by atoms with Gasteiger partial charge in [-0.2, -0.15) is 0 Å². The first-order chi connectivity index (χ1) is 41.8. The molecule has 5 aliphatic rings. The quantitative estimate of drug-likeness (QED) is 0.0175. The summed E-state index contributed by atoms with van der Waals surface area (Å²) < 4.78 is 45.5. The van der Waals surface area contributed by atoms with Crippen LogP contribution in [0.3, 0.4) is 0 Å². The number of rotatable bonds is 35. The van der Waals surface area contributed by atoms with Crippen LogP contribution in [0.25, 0.3) is 0 Å². The Bertz CT molecular complexity index is 2870. The van der Waals surface area contributed by atoms with Gasteiger partial charge in [-0.15, -0.1) is 0 Å². The predicted octanol–water partition coefficient (Wildman–Crippen LogP) is 5.08. The smallest absolute Gasteiger partial charge is 0.411 e. The molecule has 1 aliphatic carbocycles. The van der Waals surface area contributed by atoms with Gasteiger partial charge in [-0.1, -0.05) is 40.7 Å². The number of nitrogens with one attached hydrogen (secondary N) is 3. The van der Waals surface area contributed by atoms with E-state index < -0.39 is 28.9 Å². The molecule has 7 amide bonds. The number of fused-ring (bicyclic) bond motifs is 2. The molecule has 4 fully saturated rings. The van der Waals surface area contributed by atoms with Gasteiger partial charge in [0.15, 0.2) is 28.8 Å². The maximum atomic E-state index is 14.3. The van der Waals surface area contributed by atoms with Crippen molar-refractivity contribution in [2.24, 2.45) is 22.7 Å². The van der Waals surface area contributed by atoms with Crippen LogP contribution in [0, 0.1) is 17.8 Å². The zero-order valence-electron chi connectivity index (χ0n) is 50.3. The second-order valence-corrected chi connectivity index (χ2v) is 25.5. The van der Waals surface area contributed by atoms with Crippen LogP contribution in [0.1, 0.15) is 106 Å². The van der Waals surface area contributed by atoms with Gasteiger partial charge in [-0.3, -0.25) is 53.1 Å². The number of carbonyl (C=O) groups excluding carboxylic acids is 9. The summed E-state index contributed by atoms with van der Waals surface area (Å²) in [7, 11) is 5.91. The summed E-state index contributed by atoms with van der Waals surface area (Å²) in [6.45, 7) is 12.9. The summed E-state index contributed by atoms with van der Waals surface area (Å²) in [6.07, 6.45) is 3.61. The molecular formula is C60H82N8O17S2. The van der Waals surface area contributed by atoms with Gasteiger partial charge in [0.2, 0.25) is 29.5 Å². The maximum absolute atomic E-state index is 14.3. The number of ketones is 2. The number of nitrogens with zero attached hydrogens (tertiary/aromatic N) is 4. The summed E-state index contributed by atoms with van der Waals surface area (Å²) in [5, 5.41) is 8.20. The van der Waals surface area contributed by atoms with E-state index in [1.54, 1.807) is 36.2 Å². The van der Waals surface area contributed by atoms with Gasteiger partial charge in [-0.05, 0) is 51.7 Å². The number of anilines is 1. The van der Waals surface area contributed by atoms with E-state index in [0.717, 1.165) is 16.9 Å². The van der Waals surface area contributed by atoms with Gasteiger partial charge in [0.25, 0.3) is 5.91 Å². The highest BCUT2D eigenvalue weighted by Crippen LogP contribution is 2.43. The van der Waals surface area contributed by atoms with E-state index in [-0.39, 0.29) is 181 Å². The fourth-order valence-corrected chi connectivity index (χ4v) is 12.9. The topological polar surface area (TPSA) is 312 Å². The Morgan fingerprint density at radius 1 is 0.782 bits per heavy atom. The number of benzene rings is 2. The van der Waals surface area contributed by atoms with E-state index in [2.05, 4.69) is 27.5 Å². The highest BCUT2D eigenvalue weighted by atomic mass is 33.1. The number of amides is 7. The first-order valence-electron chi connectivity index (χ1n) is 29.5. The van der Waals surface area contributed by atoms with E-state index in [9.17, 15) is 43.2 Å². The highest BCUT2D eigenvalue weighted by molar-refractivity contribution is 8.77. The Hall–Kier alpha value is -6.94. The molecule has 5 N–H and O–H groups in total. The van der Waals surface area contributed by atoms with Crippen molar-refractivity contribution < 1.29 is 81.0 Å². The van der Waals surface area contributed by atoms with Crippen molar-refractivity contribution in [3.05, 3.63) is 47.5 Å². The molecule has 476 valence electrons. The molecule has 27 heteroatoms. The normalized spacial score (nSPS) is 19.9. The van der Waals surface area contributed by atoms with Gasteiger partial charge >= 0.3 is 6.09 Å². The summed E-state index contributed by atoms with van der Waals surface area (Å²) in [6, 6.07) is 6.36. The minimum Gasteiger partial charge on any atom is -0.493 e. The number of carbonyl (C=O) groups is 9. The van der Waals surface area contributed by atoms with E-state index >= 15 is 0 Å². The van der Waals surface area contributed by atoms with Crippen molar-refractivity contribution in [3.63, 3.8) is 0 Å². The molecule has 3 unspecified atom stereocenters. The number of Topliss-reactive ketones (excluding diaryl/α,β-unsaturated/α-hetero) is 2. The van der Waals surface area contributed by atoms with Crippen LogP contribution >= 0.6 is 21.6 Å². The van der Waals surface area contributed by atoms with Crippen molar-refractivity contribution in [2.75, 3.05) is 118 Å². The molecule has 0 bridgehead atoms.